The molecule has 0 aromatic carbocycles. The zero-order valence-electron chi connectivity index (χ0n) is 12.5. The summed E-state index contributed by atoms with van der Waals surface area (Å²) in [5.74, 6) is 3.45. The van der Waals surface area contributed by atoms with Gasteiger partial charge in [0.1, 0.15) is 17.5 Å². The average molecular weight is 250 g/mol. The number of hydrogen-bond donors (Lipinski definition) is 1. The number of anilines is 2. The molecule has 0 unspecified atom stereocenters. The standard InChI is InChI=1S/C14H26N4/c1-7-8-15-13-11(4)14(17-12(5)16-13)18(6)9-10(2)3/h10H,7-9H2,1-6H3,(H,15,16,17). The number of hydrogen-bond acceptors (Lipinski definition) is 4. The summed E-state index contributed by atoms with van der Waals surface area (Å²) in [5, 5.41) is 3.37. The Bertz CT molecular complexity index is 388. The van der Waals surface area contributed by atoms with Crippen LogP contribution in [-0.2, 0) is 0 Å². The molecule has 1 N–H and O–H groups in total. The SMILES string of the molecule is CCCNc1nc(C)nc(N(C)CC(C)C)c1C. The highest BCUT2D eigenvalue weighted by molar-refractivity contribution is 5.58. The molecule has 1 aromatic rings. The first-order valence-corrected chi connectivity index (χ1v) is 6.76. The summed E-state index contributed by atoms with van der Waals surface area (Å²) in [6, 6.07) is 0. The van der Waals surface area contributed by atoms with Gasteiger partial charge < -0.3 is 10.2 Å². The topological polar surface area (TPSA) is 41.1 Å². The molecule has 0 spiro atoms. The van der Waals surface area contributed by atoms with Crippen molar-refractivity contribution >= 4 is 11.6 Å². The Morgan fingerprint density at radius 2 is 1.89 bits per heavy atom. The first kappa shape index (κ1) is 14.7. The lowest BCUT2D eigenvalue weighted by Gasteiger charge is -2.23. The van der Waals surface area contributed by atoms with Gasteiger partial charge in [0.2, 0.25) is 0 Å². The minimum Gasteiger partial charge on any atom is -0.370 e. The maximum atomic E-state index is 4.57. The number of nitrogens with one attached hydrogen (secondary N) is 1. The van der Waals surface area contributed by atoms with E-state index in [1.807, 2.05) is 6.92 Å². The van der Waals surface area contributed by atoms with Crippen molar-refractivity contribution in [1.29, 1.82) is 0 Å². The molecule has 4 heteroatoms. The molecule has 0 amide bonds. The molecule has 0 aliphatic rings. The highest BCUT2D eigenvalue weighted by Gasteiger charge is 2.13. The predicted molar refractivity (Wildman–Crippen MR) is 78.4 cm³/mol. The molecule has 1 rings (SSSR count). The van der Waals surface area contributed by atoms with Crippen molar-refractivity contribution in [2.24, 2.45) is 5.92 Å². The molecular formula is C14H26N4. The predicted octanol–water partition coefficient (Wildman–Crippen LogP) is 3.01. The van der Waals surface area contributed by atoms with E-state index in [4.69, 9.17) is 0 Å². The molecule has 0 atom stereocenters. The summed E-state index contributed by atoms with van der Waals surface area (Å²) >= 11 is 0. The van der Waals surface area contributed by atoms with Gasteiger partial charge in [-0.15, -0.1) is 0 Å². The van der Waals surface area contributed by atoms with Crippen LogP contribution in [0, 0.1) is 19.8 Å². The summed E-state index contributed by atoms with van der Waals surface area (Å²) in [4.78, 5) is 11.3. The summed E-state index contributed by atoms with van der Waals surface area (Å²) in [6.45, 7) is 12.6. The minimum atomic E-state index is 0.622. The number of aryl methyl sites for hydroxylation is 1. The Morgan fingerprint density at radius 3 is 2.44 bits per heavy atom. The van der Waals surface area contributed by atoms with E-state index in [9.17, 15) is 0 Å². The second-order valence-electron chi connectivity index (χ2n) is 5.27. The Balaban J connectivity index is 3.00. The lowest BCUT2D eigenvalue weighted by molar-refractivity contribution is 0.632. The molecular weight excluding hydrogens is 224 g/mol. The number of nitrogens with zero attached hydrogens (tertiary/aromatic N) is 3. The van der Waals surface area contributed by atoms with Gasteiger partial charge in [0.15, 0.2) is 0 Å². The van der Waals surface area contributed by atoms with Gasteiger partial charge in [-0.3, -0.25) is 0 Å². The van der Waals surface area contributed by atoms with E-state index in [2.05, 4.69) is 54.9 Å². The molecule has 4 nitrogen and oxygen atoms in total. The van der Waals surface area contributed by atoms with Crippen LogP contribution in [0.2, 0.25) is 0 Å². The van der Waals surface area contributed by atoms with Crippen molar-refractivity contribution in [1.82, 2.24) is 9.97 Å². The van der Waals surface area contributed by atoms with Crippen molar-refractivity contribution in [3.05, 3.63) is 11.4 Å². The van der Waals surface area contributed by atoms with Crippen LogP contribution in [0.5, 0.6) is 0 Å². The van der Waals surface area contributed by atoms with E-state index >= 15 is 0 Å². The van der Waals surface area contributed by atoms with Crippen LogP contribution in [-0.4, -0.2) is 30.1 Å². The van der Waals surface area contributed by atoms with Crippen LogP contribution in [0.15, 0.2) is 0 Å². The Hall–Kier alpha value is -1.32. The van der Waals surface area contributed by atoms with Gasteiger partial charge in [-0.2, -0.15) is 0 Å². The van der Waals surface area contributed by atoms with Crippen LogP contribution in [0.3, 0.4) is 0 Å². The Morgan fingerprint density at radius 1 is 1.22 bits per heavy atom. The van der Waals surface area contributed by atoms with Gasteiger partial charge >= 0.3 is 0 Å². The first-order chi connectivity index (χ1) is 8.45. The molecule has 1 aromatic heterocycles. The molecule has 0 bridgehead atoms. The van der Waals surface area contributed by atoms with Crippen molar-refractivity contribution in [3.63, 3.8) is 0 Å². The second-order valence-corrected chi connectivity index (χ2v) is 5.27. The fraction of sp³-hybridized carbons (Fsp3) is 0.714. The van der Waals surface area contributed by atoms with E-state index < -0.39 is 0 Å². The van der Waals surface area contributed by atoms with E-state index in [1.165, 1.54) is 0 Å². The quantitative estimate of drug-likeness (QED) is 0.842. The van der Waals surface area contributed by atoms with E-state index in [-0.39, 0.29) is 0 Å². The molecule has 0 saturated carbocycles. The van der Waals surface area contributed by atoms with E-state index in [1.54, 1.807) is 0 Å². The summed E-state index contributed by atoms with van der Waals surface area (Å²) in [7, 11) is 2.10. The highest BCUT2D eigenvalue weighted by Crippen LogP contribution is 2.23. The Labute approximate surface area is 111 Å². The molecule has 0 aliphatic carbocycles. The molecule has 0 fully saturated rings. The fourth-order valence-electron chi connectivity index (χ4n) is 2.04. The van der Waals surface area contributed by atoms with Crippen LogP contribution in [0.1, 0.15) is 38.6 Å². The summed E-state index contributed by atoms with van der Waals surface area (Å²) < 4.78 is 0. The van der Waals surface area contributed by atoms with Crippen molar-refractivity contribution in [3.8, 4) is 0 Å². The average Bonchev–Trinajstić information content (AvgIpc) is 2.28. The number of rotatable bonds is 6. The van der Waals surface area contributed by atoms with Crippen molar-refractivity contribution in [2.45, 2.75) is 41.0 Å². The zero-order chi connectivity index (χ0) is 13.7. The third kappa shape index (κ3) is 3.86. The van der Waals surface area contributed by atoms with E-state index in [0.717, 1.165) is 42.5 Å². The van der Waals surface area contributed by atoms with Crippen LogP contribution in [0.4, 0.5) is 11.6 Å². The van der Waals surface area contributed by atoms with Crippen LogP contribution < -0.4 is 10.2 Å². The summed E-state index contributed by atoms with van der Waals surface area (Å²) in [5.41, 5.74) is 1.14. The van der Waals surface area contributed by atoms with Crippen LogP contribution >= 0.6 is 0 Å². The molecule has 0 radical (unpaired) electrons. The normalized spacial score (nSPS) is 10.8. The first-order valence-electron chi connectivity index (χ1n) is 6.76. The third-order valence-electron chi connectivity index (χ3n) is 2.77. The lowest BCUT2D eigenvalue weighted by Crippen LogP contribution is -2.25. The van der Waals surface area contributed by atoms with Gasteiger partial charge in [0, 0.05) is 25.7 Å². The fourth-order valence-corrected chi connectivity index (χ4v) is 2.04. The second kappa shape index (κ2) is 6.57. The maximum Gasteiger partial charge on any atom is 0.137 e. The maximum absolute atomic E-state index is 4.57. The molecule has 1 heterocycles. The van der Waals surface area contributed by atoms with Crippen molar-refractivity contribution in [2.75, 3.05) is 30.4 Å². The molecule has 0 aliphatic heterocycles. The van der Waals surface area contributed by atoms with Gasteiger partial charge in [0.25, 0.3) is 0 Å². The number of aromatic nitrogens is 2. The minimum absolute atomic E-state index is 0.622. The Kier molecular flexibility index (Phi) is 5.38. The smallest absolute Gasteiger partial charge is 0.137 e. The third-order valence-corrected chi connectivity index (χ3v) is 2.77. The van der Waals surface area contributed by atoms with Crippen molar-refractivity contribution < 1.29 is 0 Å². The van der Waals surface area contributed by atoms with Gasteiger partial charge in [-0.25, -0.2) is 9.97 Å². The van der Waals surface area contributed by atoms with Gasteiger partial charge in [0.05, 0.1) is 0 Å². The molecule has 0 saturated heterocycles. The highest BCUT2D eigenvalue weighted by atomic mass is 15.2. The molecule has 18 heavy (non-hydrogen) atoms. The lowest BCUT2D eigenvalue weighted by atomic mass is 10.2. The molecule has 102 valence electrons. The summed E-state index contributed by atoms with van der Waals surface area (Å²) in [6.07, 6.45) is 1.10. The largest absolute Gasteiger partial charge is 0.370 e. The van der Waals surface area contributed by atoms with Gasteiger partial charge in [-0.1, -0.05) is 20.8 Å². The monoisotopic (exact) mass is 250 g/mol. The van der Waals surface area contributed by atoms with Gasteiger partial charge in [-0.05, 0) is 26.2 Å². The zero-order valence-corrected chi connectivity index (χ0v) is 12.5. The van der Waals surface area contributed by atoms with Crippen LogP contribution in [0.25, 0.3) is 0 Å². The van der Waals surface area contributed by atoms with E-state index in [0.29, 0.717) is 5.92 Å².